The van der Waals surface area contributed by atoms with Crippen molar-refractivity contribution in [2.24, 2.45) is 5.73 Å². The van der Waals surface area contributed by atoms with Crippen molar-refractivity contribution < 1.29 is 13.2 Å². The summed E-state index contributed by atoms with van der Waals surface area (Å²) in [6, 6.07) is -0.487. The first-order valence-corrected chi connectivity index (χ1v) is 9.30. The van der Waals surface area contributed by atoms with Gasteiger partial charge in [-0.05, 0) is 18.4 Å². The van der Waals surface area contributed by atoms with Gasteiger partial charge in [-0.2, -0.15) is 28.8 Å². The summed E-state index contributed by atoms with van der Waals surface area (Å²) in [4.78, 5) is 13.8. The number of nitrogens with zero attached hydrogens (tertiary/aromatic N) is 3. The lowest BCUT2D eigenvalue weighted by atomic mass is 10.2. The minimum absolute atomic E-state index is 0.0825. The quantitative estimate of drug-likeness (QED) is 0.678. The first kappa shape index (κ1) is 17.7. The van der Waals surface area contributed by atoms with E-state index in [0.717, 1.165) is 5.75 Å². The zero-order valence-electron chi connectivity index (χ0n) is 12.3. The van der Waals surface area contributed by atoms with Crippen molar-refractivity contribution >= 4 is 27.9 Å². The first-order chi connectivity index (χ1) is 9.30. The van der Waals surface area contributed by atoms with E-state index in [2.05, 4.69) is 0 Å². The lowest BCUT2D eigenvalue weighted by Gasteiger charge is -2.36. The van der Waals surface area contributed by atoms with E-state index in [1.165, 1.54) is 22.7 Å². The average Bonchev–Trinajstić information content (AvgIpc) is 2.43. The third-order valence-electron chi connectivity index (χ3n) is 3.29. The molecule has 9 heteroatoms. The number of hydrogen-bond donors (Lipinski definition) is 1. The Morgan fingerprint density at radius 1 is 1.30 bits per heavy atom. The van der Waals surface area contributed by atoms with Crippen LogP contribution in [0.1, 0.15) is 6.42 Å². The molecule has 118 valence electrons. The van der Waals surface area contributed by atoms with Crippen LogP contribution < -0.4 is 5.73 Å². The summed E-state index contributed by atoms with van der Waals surface area (Å²) in [5.41, 5.74) is 5.86. The van der Waals surface area contributed by atoms with Gasteiger partial charge in [-0.3, -0.25) is 4.79 Å². The molecule has 1 rings (SSSR count). The summed E-state index contributed by atoms with van der Waals surface area (Å²) in [7, 11) is -0.379. The van der Waals surface area contributed by atoms with Crippen molar-refractivity contribution in [3.63, 3.8) is 0 Å². The predicted molar refractivity (Wildman–Crippen MR) is 81.7 cm³/mol. The Hall–Kier alpha value is -0.350. The SMILES string of the molecule is CSCC[C@@H](N)C(=O)N1CCN(S(=O)(=O)N(C)C)CC1. The van der Waals surface area contributed by atoms with Crippen LogP contribution in [0.15, 0.2) is 0 Å². The van der Waals surface area contributed by atoms with Crippen LogP contribution in [0.2, 0.25) is 0 Å². The highest BCUT2D eigenvalue weighted by Crippen LogP contribution is 2.11. The third-order valence-corrected chi connectivity index (χ3v) is 5.87. The minimum atomic E-state index is -3.39. The van der Waals surface area contributed by atoms with E-state index in [1.807, 2.05) is 6.26 Å². The van der Waals surface area contributed by atoms with E-state index in [4.69, 9.17) is 5.73 Å². The van der Waals surface area contributed by atoms with Gasteiger partial charge in [0.05, 0.1) is 6.04 Å². The fourth-order valence-electron chi connectivity index (χ4n) is 1.97. The molecule has 1 amide bonds. The van der Waals surface area contributed by atoms with Crippen LogP contribution >= 0.6 is 11.8 Å². The van der Waals surface area contributed by atoms with Gasteiger partial charge in [-0.1, -0.05) is 0 Å². The number of amides is 1. The van der Waals surface area contributed by atoms with Gasteiger partial charge in [0.25, 0.3) is 10.2 Å². The van der Waals surface area contributed by atoms with E-state index in [1.54, 1.807) is 16.7 Å². The zero-order valence-corrected chi connectivity index (χ0v) is 13.9. The highest BCUT2D eigenvalue weighted by molar-refractivity contribution is 7.98. The van der Waals surface area contributed by atoms with Gasteiger partial charge in [-0.15, -0.1) is 0 Å². The van der Waals surface area contributed by atoms with Gasteiger partial charge >= 0.3 is 0 Å². The molecule has 0 aromatic rings. The van der Waals surface area contributed by atoms with Gasteiger partial charge in [0.2, 0.25) is 5.91 Å². The number of rotatable bonds is 6. The Bertz CT molecular complexity index is 419. The Morgan fingerprint density at radius 3 is 2.30 bits per heavy atom. The highest BCUT2D eigenvalue weighted by Gasteiger charge is 2.31. The largest absolute Gasteiger partial charge is 0.339 e. The molecule has 0 spiro atoms. The van der Waals surface area contributed by atoms with Crippen molar-refractivity contribution in [2.45, 2.75) is 12.5 Å². The second kappa shape index (κ2) is 7.60. The normalized spacial score (nSPS) is 19.4. The lowest BCUT2D eigenvalue weighted by Crippen LogP contribution is -2.55. The molecule has 0 aromatic heterocycles. The molecule has 1 heterocycles. The first-order valence-electron chi connectivity index (χ1n) is 6.51. The summed E-state index contributed by atoms with van der Waals surface area (Å²) in [5, 5.41) is 0. The molecule has 1 aliphatic rings. The number of carbonyl (C=O) groups excluding carboxylic acids is 1. The standard InChI is InChI=1S/C11H24N4O3S2/c1-13(2)20(17,18)15-7-5-14(6-8-15)11(16)10(12)4-9-19-3/h10H,4-9,12H2,1-3H3/t10-/m1/s1. The topological polar surface area (TPSA) is 87.0 Å². The number of thioether (sulfide) groups is 1. The molecule has 1 aliphatic heterocycles. The molecule has 0 bridgehead atoms. The predicted octanol–water partition coefficient (Wildman–Crippen LogP) is -0.983. The second-order valence-corrected chi connectivity index (χ2v) is 8.03. The van der Waals surface area contributed by atoms with Crippen LogP contribution in [0.25, 0.3) is 0 Å². The maximum absolute atomic E-state index is 12.1. The Kier molecular flexibility index (Phi) is 6.73. The lowest BCUT2D eigenvalue weighted by molar-refractivity contribution is -0.133. The highest BCUT2D eigenvalue weighted by atomic mass is 32.2. The van der Waals surface area contributed by atoms with E-state index in [9.17, 15) is 13.2 Å². The van der Waals surface area contributed by atoms with Crippen molar-refractivity contribution in [3.8, 4) is 0 Å². The molecule has 0 radical (unpaired) electrons. The summed E-state index contributed by atoms with van der Waals surface area (Å²) in [6.07, 6.45) is 2.62. The van der Waals surface area contributed by atoms with Gasteiger partial charge in [0.1, 0.15) is 0 Å². The molecule has 7 nitrogen and oxygen atoms in total. The number of hydrogen-bond acceptors (Lipinski definition) is 5. The molecular formula is C11H24N4O3S2. The minimum Gasteiger partial charge on any atom is -0.339 e. The summed E-state index contributed by atoms with van der Waals surface area (Å²) < 4.78 is 26.5. The van der Waals surface area contributed by atoms with E-state index >= 15 is 0 Å². The molecule has 20 heavy (non-hydrogen) atoms. The fourth-order valence-corrected chi connectivity index (χ4v) is 3.55. The van der Waals surface area contributed by atoms with Crippen molar-refractivity contribution in [3.05, 3.63) is 0 Å². The molecule has 1 atom stereocenters. The van der Waals surface area contributed by atoms with Gasteiger partial charge in [0, 0.05) is 40.3 Å². The number of nitrogens with two attached hydrogens (primary N) is 1. The Morgan fingerprint density at radius 2 is 1.85 bits per heavy atom. The summed E-state index contributed by atoms with van der Waals surface area (Å²) in [6.45, 7) is 1.45. The van der Waals surface area contributed by atoms with E-state index in [0.29, 0.717) is 32.6 Å². The number of carbonyl (C=O) groups is 1. The molecule has 1 fully saturated rings. The third kappa shape index (κ3) is 4.32. The maximum atomic E-state index is 12.1. The van der Waals surface area contributed by atoms with E-state index < -0.39 is 16.3 Å². The Balaban J connectivity index is 2.52. The molecular weight excluding hydrogens is 300 g/mol. The molecule has 0 aliphatic carbocycles. The van der Waals surface area contributed by atoms with Crippen molar-refractivity contribution in [1.82, 2.24) is 13.5 Å². The fraction of sp³-hybridized carbons (Fsp3) is 0.909. The van der Waals surface area contributed by atoms with Crippen LogP contribution in [0.4, 0.5) is 0 Å². The monoisotopic (exact) mass is 324 g/mol. The average molecular weight is 324 g/mol. The van der Waals surface area contributed by atoms with Crippen LogP contribution in [-0.4, -0.2) is 86.2 Å². The molecule has 0 aromatic carbocycles. The summed E-state index contributed by atoms with van der Waals surface area (Å²) in [5.74, 6) is 0.767. The maximum Gasteiger partial charge on any atom is 0.281 e. The van der Waals surface area contributed by atoms with Crippen molar-refractivity contribution in [1.29, 1.82) is 0 Å². The van der Waals surface area contributed by atoms with E-state index in [-0.39, 0.29) is 5.91 Å². The van der Waals surface area contributed by atoms with Gasteiger partial charge in [0.15, 0.2) is 0 Å². The Labute approximate surface area is 125 Å². The van der Waals surface area contributed by atoms with Crippen LogP contribution in [0.3, 0.4) is 0 Å². The zero-order chi connectivity index (χ0) is 15.3. The molecule has 1 saturated heterocycles. The van der Waals surface area contributed by atoms with Gasteiger partial charge in [-0.25, -0.2) is 0 Å². The van der Waals surface area contributed by atoms with Crippen LogP contribution in [-0.2, 0) is 15.0 Å². The molecule has 0 saturated carbocycles. The van der Waals surface area contributed by atoms with Crippen LogP contribution in [0.5, 0.6) is 0 Å². The van der Waals surface area contributed by atoms with Gasteiger partial charge < -0.3 is 10.6 Å². The molecule has 0 unspecified atom stereocenters. The smallest absolute Gasteiger partial charge is 0.281 e. The van der Waals surface area contributed by atoms with Crippen molar-refractivity contribution in [2.75, 3.05) is 52.3 Å². The summed E-state index contributed by atoms with van der Waals surface area (Å²) >= 11 is 1.66. The van der Waals surface area contributed by atoms with Crippen LogP contribution in [0, 0.1) is 0 Å². The molecule has 2 N–H and O–H groups in total. The number of piperazine rings is 1. The second-order valence-electron chi connectivity index (χ2n) is 4.90.